The molecular formula is C20H23ClN2O2. The van der Waals surface area contributed by atoms with E-state index in [2.05, 4.69) is 10.2 Å². The van der Waals surface area contributed by atoms with Crippen molar-refractivity contribution in [3.8, 4) is 0 Å². The molecule has 5 heteroatoms. The predicted molar refractivity (Wildman–Crippen MR) is 103 cm³/mol. The second-order valence-corrected chi connectivity index (χ2v) is 6.53. The number of nitrogens with one attached hydrogen (secondary N) is 1. The van der Waals surface area contributed by atoms with E-state index < -0.39 is 0 Å². The molecule has 132 valence electrons. The van der Waals surface area contributed by atoms with E-state index in [9.17, 15) is 4.79 Å². The molecule has 1 amide bonds. The quantitative estimate of drug-likeness (QED) is 0.866. The molecule has 1 heterocycles. The van der Waals surface area contributed by atoms with Crippen LogP contribution in [0.5, 0.6) is 0 Å². The van der Waals surface area contributed by atoms with Crippen molar-refractivity contribution >= 4 is 28.9 Å². The van der Waals surface area contributed by atoms with Crippen LogP contribution in [-0.4, -0.2) is 32.2 Å². The van der Waals surface area contributed by atoms with Gasteiger partial charge in [-0.3, -0.25) is 4.79 Å². The molecule has 0 bridgehead atoms. The van der Waals surface area contributed by atoms with Gasteiger partial charge in [-0.05, 0) is 30.2 Å². The van der Waals surface area contributed by atoms with E-state index in [1.54, 1.807) is 0 Å². The molecule has 3 rings (SSSR count). The average Bonchev–Trinajstić information content (AvgIpc) is 2.64. The van der Waals surface area contributed by atoms with Crippen LogP contribution in [0.3, 0.4) is 0 Å². The summed E-state index contributed by atoms with van der Waals surface area (Å²) < 4.78 is 5.38. The monoisotopic (exact) mass is 358 g/mol. The number of ether oxygens (including phenoxy) is 1. The number of morpholine rings is 1. The first-order valence-electron chi connectivity index (χ1n) is 8.67. The van der Waals surface area contributed by atoms with Gasteiger partial charge < -0.3 is 15.0 Å². The summed E-state index contributed by atoms with van der Waals surface area (Å²) in [5.41, 5.74) is 2.73. The SMILES string of the molecule is CC[C@H](C(=O)Nc1ccc(N2CCOCC2)c(Cl)c1)c1ccccc1. The summed E-state index contributed by atoms with van der Waals surface area (Å²) in [6.45, 7) is 5.11. The third-order valence-electron chi connectivity index (χ3n) is 4.49. The van der Waals surface area contributed by atoms with Crippen LogP contribution in [0.4, 0.5) is 11.4 Å². The number of rotatable bonds is 5. The Labute approximate surface area is 153 Å². The zero-order valence-electron chi connectivity index (χ0n) is 14.4. The number of anilines is 2. The van der Waals surface area contributed by atoms with Gasteiger partial charge in [0.05, 0.1) is 29.8 Å². The summed E-state index contributed by atoms with van der Waals surface area (Å²) in [5.74, 6) is -0.178. The topological polar surface area (TPSA) is 41.6 Å². The Kier molecular flexibility index (Phi) is 5.95. The number of carbonyl (C=O) groups excluding carboxylic acids is 1. The van der Waals surface area contributed by atoms with Crippen LogP contribution in [0.1, 0.15) is 24.8 Å². The first-order chi connectivity index (χ1) is 12.2. The van der Waals surface area contributed by atoms with Crippen LogP contribution < -0.4 is 10.2 Å². The lowest BCUT2D eigenvalue weighted by molar-refractivity contribution is -0.117. The van der Waals surface area contributed by atoms with Crippen LogP contribution in [0.2, 0.25) is 5.02 Å². The van der Waals surface area contributed by atoms with Crippen molar-refractivity contribution in [2.45, 2.75) is 19.3 Å². The van der Waals surface area contributed by atoms with Crippen molar-refractivity contribution in [1.29, 1.82) is 0 Å². The molecule has 2 aromatic rings. The zero-order chi connectivity index (χ0) is 17.6. The zero-order valence-corrected chi connectivity index (χ0v) is 15.1. The van der Waals surface area contributed by atoms with Crippen molar-refractivity contribution < 1.29 is 9.53 Å². The maximum atomic E-state index is 12.7. The van der Waals surface area contributed by atoms with E-state index in [0.717, 1.165) is 36.4 Å². The van der Waals surface area contributed by atoms with E-state index >= 15 is 0 Å². The molecule has 1 fully saturated rings. The van der Waals surface area contributed by atoms with Gasteiger partial charge in [-0.15, -0.1) is 0 Å². The average molecular weight is 359 g/mol. The van der Waals surface area contributed by atoms with Gasteiger partial charge in [0.15, 0.2) is 0 Å². The number of hydrogen-bond donors (Lipinski definition) is 1. The van der Waals surface area contributed by atoms with Crippen molar-refractivity contribution in [2.24, 2.45) is 0 Å². The van der Waals surface area contributed by atoms with Crippen LogP contribution in [0.15, 0.2) is 48.5 Å². The van der Waals surface area contributed by atoms with Crippen molar-refractivity contribution in [3.63, 3.8) is 0 Å². The number of carbonyl (C=O) groups is 1. The summed E-state index contributed by atoms with van der Waals surface area (Å²) in [6, 6.07) is 15.5. The van der Waals surface area contributed by atoms with Gasteiger partial charge >= 0.3 is 0 Å². The lowest BCUT2D eigenvalue weighted by Gasteiger charge is -2.29. The number of benzene rings is 2. The van der Waals surface area contributed by atoms with Gasteiger partial charge in [0, 0.05) is 18.8 Å². The molecule has 0 radical (unpaired) electrons. The molecule has 4 nitrogen and oxygen atoms in total. The fourth-order valence-corrected chi connectivity index (χ4v) is 3.43. The highest BCUT2D eigenvalue weighted by atomic mass is 35.5. The minimum absolute atomic E-state index is 0.0103. The van der Waals surface area contributed by atoms with E-state index in [4.69, 9.17) is 16.3 Å². The highest BCUT2D eigenvalue weighted by molar-refractivity contribution is 6.33. The van der Waals surface area contributed by atoms with Crippen LogP contribution >= 0.6 is 11.6 Å². The Morgan fingerprint density at radius 3 is 2.56 bits per heavy atom. The number of halogens is 1. The van der Waals surface area contributed by atoms with Gasteiger partial charge in [0.1, 0.15) is 0 Å². The molecular weight excluding hydrogens is 336 g/mol. The summed E-state index contributed by atoms with van der Waals surface area (Å²) in [4.78, 5) is 14.9. The second kappa shape index (κ2) is 8.37. The highest BCUT2D eigenvalue weighted by Crippen LogP contribution is 2.30. The van der Waals surface area contributed by atoms with Crippen molar-refractivity contribution in [1.82, 2.24) is 0 Å². The molecule has 1 N–H and O–H groups in total. The van der Waals surface area contributed by atoms with Gasteiger partial charge in [0.25, 0.3) is 0 Å². The Hall–Kier alpha value is -2.04. The number of hydrogen-bond acceptors (Lipinski definition) is 3. The number of amides is 1. The summed E-state index contributed by atoms with van der Waals surface area (Å²) in [6.07, 6.45) is 0.745. The molecule has 0 unspecified atom stereocenters. The first kappa shape index (κ1) is 17.8. The molecule has 0 spiro atoms. The lowest BCUT2D eigenvalue weighted by atomic mass is 9.95. The molecule has 1 saturated heterocycles. The Morgan fingerprint density at radius 1 is 1.20 bits per heavy atom. The van der Waals surface area contributed by atoms with E-state index in [1.807, 2.05) is 55.5 Å². The van der Waals surface area contributed by atoms with E-state index in [0.29, 0.717) is 18.2 Å². The summed E-state index contributed by atoms with van der Waals surface area (Å²) in [5, 5.41) is 3.64. The normalized spacial score (nSPS) is 15.7. The van der Waals surface area contributed by atoms with Crippen LogP contribution in [-0.2, 0) is 9.53 Å². The minimum Gasteiger partial charge on any atom is -0.378 e. The molecule has 1 aliphatic heterocycles. The molecule has 1 atom stereocenters. The fourth-order valence-electron chi connectivity index (χ4n) is 3.13. The Bertz CT molecular complexity index is 715. The predicted octanol–water partition coefficient (Wildman–Crippen LogP) is 4.31. The van der Waals surface area contributed by atoms with E-state index in [1.165, 1.54) is 0 Å². The fraction of sp³-hybridized carbons (Fsp3) is 0.350. The van der Waals surface area contributed by atoms with E-state index in [-0.39, 0.29) is 11.8 Å². The highest BCUT2D eigenvalue weighted by Gasteiger charge is 2.19. The maximum absolute atomic E-state index is 12.7. The molecule has 2 aromatic carbocycles. The number of nitrogens with zero attached hydrogens (tertiary/aromatic N) is 1. The van der Waals surface area contributed by atoms with Gasteiger partial charge in [-0.1, -0.05) is 48.9 Å². The largest absolute Gasteiger partial charge is 0.378 e. The molecule has 0 aliphatic carbocycles. The minimum atomic E-state index is -0.168. The molecule has 1 aliphatic rings. The second-order valence-electron chi connectivity index (χ2n) is 6.13. The molecule has 0 saturated carbocycles. The van der Waals surface area contributed by atoms with Crippen LogP contribution in [0, 0.1) is 0 Å². The summed E-state index contributed by atoms with van der Waals surface area (Å²) in [7, 11) is 0. The van der Waals surface area contributed by atoms with Crippen LogP contribution in [0.25, 0.3) is 0 Å². The standard InChI is InChI=1S/C20H23ClN2O2/c1-2-17(15-6-4-3-5-7-15)20(24)22-16-8-9-19(18(21)14-16)23-10-12-25-13-11-23/h3-9,14,17H,2,10-13H2,1H3,(H,22,24)/t17-/m0/s1. The first-order valence-corrected chi connectivity index (χ1v) is 9.05. The third kappa shape index (κ3) is 4.33. The third-order valence-corrected chi connectivity index (χ3v) is 4.80. The smallest absolute Gasteiger partial charge is 0.231 e. The summed E-state index contributed by atoms with van der Waals surface area (Å²) >= 11 is 6.44. The Balaban J connectivity index is 1.71. The molecule has 0 aromatic heterocycles. The van der Waals surface area contributed by atoms with Gasteiger partial charge in [-0.2, -0.15) is 0 Å². The van der Waals surface area contributed by atoms with Gasteiger partial charge in [-0.25, -0.2) is 0 Å². The van der Waals surface area contributed by atoms with Crippen molar-refractivity contribution in [3.05, 3.63) is 59.1 Å². The maximum Gasteiger partial charge on any atom is 0.231 e. The lowest BCUT2D eigenvalue weighted by Crippen LogP contribution is -2.36. The Morgan fingerprint density at radius 2 is 1.92 bits per heavy atom. The molecule has 25 heavy (non-hydrogen) atoms. The van der Waals surface area contributed by atoms with Crippen molar-refractivity contribution in [2.75, 3.05) is 36.5 Å². The van der Waals surface area contributed by atoms with Gasteiger partial charge in [0.2, 0.25) is 5.91 Å².